The lowest BCUT2D eigenvalue weighted by Crippen LogP contribution is -2.26. The molecule has 0 unspecified atom stereocenters. The van der Waals surface area contributed by atoms with E-state index in [1.165, 1.54) is 11.3 Å². The lowest BCUT2D eigenvalue weighted by molar-refractivity contribution is -0.120. The van der Waals surface area contributed by atoms with Gasteiger partial charge < -0.3 is 10.6 Å². The highest BCUT2D eigenvalue weighted by atomic mass is 32.1. The van der Waals surface area contributed by atoms with Crippen molar-refractivity contribution in [3.05, 3.63) is 44.1 Å². The normalized spacial score (nSPS) is 13.4. The van der Waals surface area contributed by atoms with Crippen LogP contribution in [-0.2, 0) is 29.0 Å². The Labute approximate surface area is 174 Å². The van der Waals surface area contributed by atoms with Crippen LogP contribution in [0.15, 0.2) is 22.9 Å². The molecule has 3 N–H and O–H groups in total. The van der Waals surface area contributed by atoms with Crippen molar-refractivity contribution in [2.24, 2.45) is 0 Å². The standard InChI is InChI=1S/C17H18N6O2S3/c24-14(18-8-13-21-22-17(26)23(13)11-3-4-11)6-10-9-28-16(19-10)20-15(25)7-12-2-1-5-27-12/h1-2,5,9,11H,3-4,6-8H2,(H,18,24)(H,22,26)(H,19,20,25). The van der Waals surface area contributed by atoms with Crippen LogP contribution in [0, 0.1) is 4.77 Å². The van der Waals surface area contributed by atoms with Gasteiger partial charge in [0.05, 0.1) is 25.1 Å². The van der Waals surface area contributed by atoms with E-state index < -0.39 is 0 Å². The number of H-pyrrole nitrogens is 1. The zero-order chi connectivity index (χ0) is 19.5. The molecule has 0 spiro atoms. The number of thiazole rings is 1. The average Bonchev–Trinajstić information content (AvgIpc) is 3.03. The molecule has 1 fully saturated rings. The van der Waals surface area contributed by atoms with Crippen LogP contribution in [-0.4, -0.2) is 31.6 Å². The van der Waals surface area contributed by atoms with Crippen molar-refractivity contribution in [2.75, 3.05) is 5.32 Å². The number of carbonyl (C=O) groups is 2. The summed E-state index contributed by atoms with van der Waals surface area (Å²) in [5.41, 5.74) is 0.620. The fraction of sp³-hybridized carbons (Fsp3) is 0.353. The van der Waals surface area contributed by atoms with Crippen molar-refractivity contribution in [1.29, 1.82) is 0 Å². The minimum atomic E-state index is -0.155. The predicted molar refractivity (Wildman–Crippen MR) is 110 cm³/mol. The van der Waals surface area contributed by atoms with Gasteiger partial charge >= 0.3 is 0 Å². The number of amides is 2. The fourth-order valence-corrected chi connectivity index (χ4v) is 4.49. The molecule has 0 bridgehead atoms. The van der Waals surface area contributed by atoms with E-state index in [0.717, 1.165) is 23.5 Å². The molecule has 0 aliphatic heterocycles. The van der Waals surface area contributed by atoms with E-state index in [2.05, 4.69) is 25.8 Å². The van der Waals surface area contributed by atoms with E-state index in [4.69, 9.17) is 12.2 Å². The molecule has 1 saturated carbocycles. The summed E-state index contributed by atoms with van der Waals surface area (Å²) in [6, 6.07) is 4.23. The molecular formula is C17H18N6O2S3. The minimum Gasteiger partial charge on any atom is -0.348 e. The molecule has 1 aliphatic carbocycles. The average molecular weight is 435 g/mol. The van der Waals surface area contributed by atoms with Gasteiger partial charge in [0.25, 0.3) is 0 Å². The van der Waals surface area contributed by atoms with Gasteiger partial charge in [-0.15, -0.1) is 22.7 Å². The summed E-state index contributed by atoms with van der Waals surface area (Å²) in [7, 11) is 0. The number of aromatic amines is 1. The highest BCUT2D eigenvalue weighted by Crippen LogP contribution is 2.35. The third-order valence-electron chi connectivity index (χ3n) is 4.19. The number of hydrogen-bond acceptors (Lipinski definition) is 7. The summed E-state index contributed by atoms with van der Waals surface area (Å²) in [6.07, 6.45) is 2.65. The third kappa shape index (κ3) is 4.72. The molecule has 11 heteroatoms. The highest BCUT2D eigenvalue weighted by Gasteiger charge is 2.27. The van der Waals surface area contributed by atoms with Gasteiger partial charge in [0.15, 0.2) is 15.7 Å². The third-order valence-corrected chi connectivity index (χ3v) is 6.16. The Morgan fingerprint density at radius 3 is 2.89 bits per heavy atom. The van der Waals surface area contributed by atoms with Gasteiger partial charge in [0.1, 0.15) is 0 Å². The lowest BCUT2D eigenvalue weighted by Gasteiger charge is -2.06. The van der Waals surface area contributed by atoms with Gasteiger partial charge in [-0.05, 0) is 36.5 Å². The molecule has 3 aromatic heterocycles. The Morgan fingerprint density at radius 1 is 1.29 bits per heavy atom. The molecule has 146 valence electrons. The van der Waals surface area contributed by atoms with Crippen LogP contribution >= 0.6 is 34.9 Å². The van der Waals surface area contributed by atoms with Crippen LogP contribution in [0.2, 0.25) is 0 Å². The summed E-state index contributed by atoms with van der Waals surface area (Å²) in [4.78, 5) is 29.6. The summed E-state index contributed by atoms with van der Waals surface area (Å²) in [5, 5.41) is 16.8. The van der Waals surface area contributed by atoms with Crippen molar-refractivity contribution < 1.29 is 9.59 Å². The number of anilines is 1. The van der Waals surface area contributed by atoms with Gasteiger partial charge in [0.2, 0.25) is 11.8 Å². The molecule has 3 heterocycles. The second kappa shape index (κ2) is 8.33. The number of rotatable bonds is 8. The van der Waals surface area contributed by atoms with Gasteiger partial charge in [-0.2, -0.15) is 5.10 Å². The van der Waals surface area contributed by atoms with Crippen LogP contribution in [0.4, 0.5) is 5.13 Å². The predicted octanol–water partition coefficient (Wildman–Crippen LogP) is 2.83. The van der Waals surface area contributed by atoms with Crippen LogP contribution in [0.1, 0.15) is 35.3 Å². The monoisotopic (exact) mass is 434 g/mol. The van der Waals surface area contributed by atoms with Crippen molar-refractivity contribution in [3.8, 4) is 0 Å². The minimum absolute atomic E-state index is 0.115. The van der Waals surface area contributed by atoms with Gasteiger partial charge in [-0.3, -0.25) is 19.3 Å². The molecule has 0 radical (unpaired) electrons. The number of carbonyl (C=O) groups excluding carboxylic acids is 2. The summed E-state index contributed by atoms with van der Waals surface area (Å²) < 4.78 is 2.56. The number of aromatic nitrogens is 4. The number of thiophene rings is 1. The lowest BCUT2D eigenvalue weighted by atomic mass is 10.3. The molecule has 3 aromatic rings. The largest absolute Gasteiger partial charge is 0.348 e. The smallest absolute Gasteiger partial charge is 0.231 e. The Bertz CT molecular complexity index is 1030. The maximum atomic E-state index is 12.2. The number of nitrogens with zero attached hydrogens (tertiary/aromatic N) is 3. The first-order chi connectivity index (χ1) is 13.6. The van der Waals surface area contributed by atoms with E-state index in [1.54, 1.807) is 16.7 Å². The molecular weight excluding hydrogens is 416 g/mol. The Balaban J connectivity index is 1.27. The van der Waals surface area contributed by atoms with E-state index >= 15 is 0 Å². The molecule has 0 aromatic carbocycles. The van der Waals surface area contributed by atoms with Crippen molar-refractivity contribution in [3.63, 3.8) is 0 Å². The van der Waals surface area contributed by atoms with E-state index in [-0.39, 0.29) is 18.2 Å². The summed E-state index contributed by atoms with van der Waals surface area (Å²) in [6.45, 7) is 0.316. The second-order valence-corrected chi connectivity index (χ2v) is 8.73. The quantitative estimate of drug-likeness (QED) is 0.473. The SMILES string of the molecule is O=C(Cc1csc(NC(=O)Cc2cccs2)n1)NCc1n[nH]c(=S)n1C1CC1. The Morgan fingerprint density at radius 2 is 2.14 bits per heavy atom. The molecule has 0 saturated heterocycles. The molecule has 2 amide bonds. The Kier molecular flexibility index (Phi) is 5.64. The van der Waals surface area contributed by atoms with Crippen LogP contribution in [0.25, 0.3) is 0 Å². The van der Waals surface area contributed by atoms with Crippen molar-refractivity contribution >= 4 is 51.8 Å². The zero-order valence-corrected chi connectivity index (χ0v) is 17.3. The number of hydrogen-bond donors (Lipinski definition) is 3. The zero-order valence-electron chi connectivity index (χ0n) is 14.8. The molecule has 0 atom stereocenters. The first-order valence-electron chi connectivity index (χ1n) is 8.77. The second-order valence-electron chi connectivity index (χ2n) is 6.45. The van der Waals surface area contributed by atoms with E-state index in [0.29, 0.717) is 34.6 Å². The molecule has 8 nitrogen and oxygen atoms in total. The molecule has 1 aliphatic rings. The fourth-order valence-electron chi connectivity index (χ4n) is 2.76. The molecule has 28 heavy (non-hydrogen) atoms. The highest BCUT2D eigenvalue weighted by molar-refractivity contribution is 7.71. The van der Waals surface area contributed by atoms with Crippen LogP contribution in [0.5, 0.6) is 0 Å². The summed E-state index contributed by atoms with van der Waals surface area (Å²) >= 11 is 8.09. The van der Waals surface area contributed by atoms with Crippen LogP contribution in [0.3, 0.4) is 0 Å². The maximum Gasteiger partial charge on any atom is 0.231 e. The topological polar surface area (TPSA) is 105 Å². The van der Waals surface area contributed by atoms with Crippen molar-refractivity contribution in [2.45, 2.75) is 38.3 Å². The van der Waals surface area contributed by atoms with Crippen LogP contribution < -0.4 is 10.6 Å². The van der Waals surface area contributed by atoms with Gasteiger partial charge in [0, 0.05) is 16.3 Å². The Hall–Kier alpha value is -2.37. The first-order valence-corrected chi connectivity index (χ1v) is 10.9. The van der Waals surface area contributed by atoms with E-state index in [9.17, 15) is 9.59 Å². The maximum absolute atomic E-state index is 12.2. The summed E-state index contributed by atoms with van der Waals surface area (Å²) in [5.74, 6) is 0.467. The van der Waals surface area contributed by atoms with E-state index in [1.807, 2.05) is 22.1 Å². The molecule has 4 rings (SSSR count). The first kappa shape index (κ1) is 19.0. The van der Waals surface area contributed by atoms with Crippen molar-refractivity contribution in [1.82, 2.24) is 25.1 Å². The number of nitrogens with one attached hydrogen (secondary N) is 3. The van der Waals surface area contributed by atoms with Gasteiger partial charge in [-0.25, -0.2) is 4.98 Å². The van der Waals surface area contributed by atoms with Gasteiger partial charge in [-0.1, -0.05) is 6.07 Å².